The lowest BCUT2D eigenvalue weighted by Crippen LogP contribution is -2.39. The summed E-state index contributed by atoms with van der Waals surface area (Å²) in [6.45, 7) is 4.35. The molecular formula is C23H30N4O2S2. The van der Waals surface area contributed by atoms with Crippen LogP contribution in [-0.2, 0) is 10.0 Å². The number of likely N-dealkylation sites (tertiary alicyclic amines) is 1. The van der Waals surface area contributed by atoms with Gasteiger partial charge in [0.05, 0.1) is 11.3 Å². The molecule has 0 atom stereocenters. The molecule has 0 aliphatic carbocycles. The molecule has 8 heteroatoms. The van der Waals surface area contributed by atoms with Crippen LogP contribution < -0.4 is 0 Å². The van der Waals surface area contributed by atoms with Gasteiger partial charge >= 0.3 is 0 Å². The normalized spacial score (nSPS) is 19.5. The molecule has 4 heterocycles. The van der Waals surface area contributed by atoms with Gasteiger partial charge in [0.1, 0.15) is 0 Å². The fraction of sp³-hybridized carbons (Fsp3) is 0.522. The standard InChI is InChI=1S/C23H30N4O2S2/c28-31(29,16-4-12-26-10-1-2-11-26)27-13-8-18(9-14-27)23-20-17-19(22-5-3-15-30-22)6-7-21(20)24-25-23/h3,5-7,15,17-18H,1-2,4,8-14,16H2,(H,24,25). The molecule has 0 bridgehead atoms. The predicted molar refractivity (Wildman–Crippen MR) is 127 cm³/mol. The van der Waals surface area contributed by atoms with E-state index in [0.29, 0.717) is 19.0 Å². The Morgan fingerprint density at radius 3 is 2.65 bits per heavy atom. The number of piperidine rings is 1. The fourth-order valence-electron chi connectivity index (χ4n) is 4.97. The summed E-state index contributed by atoms with van der Waals surface area (Å²) < 4.78 is 27.4. The minimum Gasteiger partial charge on any atom is -0.303 e. The Bertz CT molecular complexity index is 1110. The van der Waals surface area contributed by atoms with Gasteiger partial charge in [-0.2, -0.15) is 5.10 Å². The minimum absolute atomic E-state index is 0.269. The number of nitrogens with one attached hydrogen (secondary N) is 1. The van der Waals surface area contributed by atoms with Crippen molar-refractivity contribution in [3.05, 3.63) is 41.4 Å². The van der Waals surface area contributed by atoms with Crippen LogP contribution in [0.2, 0.25) is 0 Å². The van der Waals surface area contributed by atoms with E-state index >= 15 is 0 Å². The molecule has 166 valence electrons. The number of hydrogen-bond donors (Lipinski definition) is 1. The van der Waals surface area contributed by atoms with Crippen molar-refractivity contribution in [1.29, 1.82) is 0 Å². The van der Waals surface area contributed by atoms with Gasteiger partial charge in [0, 0.05) is 35.0 Å². The van der Waals surface area contributed by atoms with Gasteiger partial charge in [-0.15, -0.1) is 11.3 Å². The quantitative estimate of drug-likeness (QED) is 0.574. The van der Waals surface area contributed by atoms with E-state index in [1.54, 1.807) is 15.6 Å². The van der Waals surface area contributed by atoms with Crippen LogP contribution >= 0.6 is 11.3 Å². The topological polar surface area (TPSA) is 69.3 Å². The van der Waals surface area contributed by atoms with Gasteiger partial charge in [-0.25, -0.2) is 12.7 Å². The van der Waals surface area contributed by atoms with E-state index < -0.39 is 10.0 Å². The molecule has 3 aromatic rings. The van der Waals surface area contributed by atoms with Gasteiger partial charge in [0.25, 0.3) is 0 Å². The summed E-state index contributed by atoms with van der Waals surface area (Å²) in [6, 6.07) is 10.6. The molecule has 2 aliphatic rings. The number of aromatic nitrogens is 2. The van der Waals surface area contributed by atoms with E-state index in [9.17, 15) is 8.42 Å². The first-order valence-electron chi connectivity index (χ1n) is 11.3. The van der Waals surface area contributed by atoms with Crippen LogP contribution in [0.4, 0.5) is 0 Å². The average molecular weight is 459 g/mol. The van der Waals surface area contributed by atoms with E-state index in [2.05, 4.69) is 50.8 Å². The first-order valence-corrected chi connectivity index (χ1v) is 13.8. The lowest BCUT2D eigenvalue weighted by molar-refractivity contribution is 0.313. The Hall–Kier alpha value is -1.74. The lowest BCUT2D eigenvalue weighted by atomic mass is 9.92. The highest BCUT2D eigenvalue weighted by atomic mass is 32.2. The van der Waals surface area contributed by atoms with Crippen molar-refractivity contribution in [1.82, 2.24) is 19.4 Å². The highest BCUT2D eigenvalue weighted by Gasteiger charge is 2.30. The molecule has 5 rings (SSSR count). The fourth-order valence-corrected chi connectivity index (χ4v) is 7.21. The van der Waals surface area contributed by atoms with Gasteiger partial charge in [-0.1, -0.05) is 12.1 Å². The number of benzene rings is 1. The molecule has 31 heavy (non-hydrogen) atoms. The number of nitrogens with zero attached hydrogens (tertiary/aromatic N) is 3. The molecular weight excluding hydrogens is 428 g/mol. The van der Waals surface area contributed by atoms with E-state index in [4.69, 9.17) is 0 Å². The van der Waals surface area contributed by atoms with E-state index in [-0.39, 0.29) is 5.75 Å². The number of hydrogen-bond acceptors (Lipinski definition) is 5. The van der Waals surface area contributed by atoms with Crippen molar-refractivity contribution in [3.8, 4) is 10.4 Å². The van der Waals surface area contributed by atoms with E-state index in [0.717, 1.165) is 55.5 Å². The van der Waals surface area contributed by atoms with Crippen LogP contribution in [0.25, 0.3) is 21.3 Å². The third-order valence-electron chi connectivity index (χ3n) is 6.72. The molecule has 1 aromatic carbocycles. The molecule has 0 spiro atoms. The van der Waals surface area contributed by atoms with E-state index in [1.807, 2.05) is 0 Å². The van der Waals surface area contributed by atoms with Gasteiger partial charge < -0.3 is 4.90 Å². The van der Waals surface area contributed by atoms with Crippen molar-refractivity contribution < 1.29 is 8.42 Å². The molecule has 0 unspecified atom stereocenters. The molecule has 2 fully saturated rings. The summed E-state index contributed by atoms with van der Waals surface area (Å²) in [5.74, 6) is 0.588. The maximum Gasteiger partial charge on any atom is 0.214 e. The first-order chi connectivity index (χ1) is 15.1. The Morgan fingerprint density at radius 1 is 1.10 bits per heavy atom. The van der Waals surface area contributed by atoms with Gasteiger partial charge in [0.2, 0.25) is 10.0 Å². The maximum absolute atomic E-state index is 12.8. The smallest absolute Gasteiger partial charge is 0.214 e. The second-order valence-corrected chi connectivity index (χ2v) is 11.8. The number of thiophene rings is 1. The zero-order valence-corrected chi connectivity index (χ0v) is 19.4. The molecule has 0 amide bonds. The number of rotatable bonds is 7. The monoisotopic (exact) mass is 458 g/mol. The van der Waals surface area contributed by atoms with Gasteiger partial charge in [-0.3, -0.25) is 5.10 Å². The zero-order chi connectivity index (χ0) is 21.3. The summed E-state index contributed by atoms with van der Waals surface area (Å²) in [4.78, 5) is 3.64. The molecule has 0 radical (unpaired) electrons. The van der Waals surface area contributed by atoms with Crippen molar-refractivity contribution in [2.75, 3.05) is 38.5 Å². The summed E-state index contributed by atoms with van der Waals surface area (Å²) in [7, 11) is -3.16. The summed E-state index contributed by atoms with van der Waals surface area (Å²) in [5, 5.41) is 11.0. The van der Waals surface area contributed by atoms with Crippen LogP contribution in [-0.4, -0.2) is 66.3 Å². The summed E-state index contributed by atoms with van der Waals surface area (Å²) >= 11 is 1.74. The van der Waals surface area contributed by atoms with Crippen molar-refractivity contribution in [2.45, 2.75) is 38.0 Å². The van der Waals surface area contributed by atoms with Crippen LogP contribution in [0.5, 0.6) is 0 Å². The third kappa shape index (κ3) is 4.58. The van der Waals surface area contributed by atoms with Crippen LogP contribution in [0.3, 0.4) is 0 Å². The molecule has 2 aromatic heterocycles. The molecule has 0 saturated carbocycles. The maximum atomic E-state index is 12.8. The average Bonchev–Trinajstić information content (AvgIpc) is 3.54. The second kappa shape index (κ2) is 9.02. The lowest BCUT2D eigenvalue weighted by Gasteiger charge is -2.31. The number of H-pyrrole nitrogens is 1. The Balaban J connectivity index is 1.23. The van der Waals surface area contributed by atoms with Crippen molar-refractivity contribution in [2.24, 2.45) is 0 Å². The molecule has 2 aliphatic heterocycles. The van der Waals surface area contributed by atoms with Gasteiger partial charge in [-0.05, 0) is 80.9 Å². The number of sulfonamides is 1. The zero-order valence-electron chi connectivity index (χ0n) is 17.8. The highest BCUT2D eigenvalue weighted by Crippen LogP contribution is 2.35. The van der Waals surface area contributed by atoms with Crippen LogP contribution in [0, 0.1) is 0 Å². The largest absolute Gasteiger partial charge is 0.303 e. The second-order valence-electron chi connectivity index (χ2n) is 8.74. The first kappa shape index (κ1) is 21.1. The Morgan fingerprint density at radius 2 is 1.90 bits per heavy atom. The van der Waals surface area contributed by atoms with Crippen molar-refractivity contribution in [3.63, 3.8) is 0 Å². The SMILES string of the molecule is O=S(=O)(CCCN1CCCC1)N1CCC(c2[nH]nc3ccc(-c4cccs4)cc23)CC1. The number of fused-ring (bicyclic) bond motifs is 1. The number of aromatic amines is 1. The molecule has 2 saturated heterocycles. The summed E-state index contributed by atoms with van der Waals surface area (Å²) in [6.07, 6.45) is 4.91. The highest BCUT2D eigenvalue weighted by molar-refractivity contribution is 7.89. The molecule has 1 N–H and O–H groups in total. The van der Waals surface area contributed by atoms with Crippen LogP contribution in [0.15, 0.2) is 35.7 Å². The predicted octanol–water partition coefficient (Wildman–Crippen LogP) is 4.29. The molecule has 6 nitrogen and oxygen atoms in total. The minimum atomic E-state index is -3.16. The Kier molecular flexibility index (Phi) is 6.14. The van der Waals surface area contributed by atoms with Gasteiger partial charge in [0.15, 0.2) is 0 Å². The van der Waals surface area contributed by atoms with Crippen LogP contribution in [0.1, 0.15) is 43.7 Å². The van der Waals surface area contributed by atoms with E-state index in [1.165, 1.54) is 23.3 Å². The van der Waals surface area contributed by atoms with Crippen molar-refractivity contribution >= 4 is 32.3 Å². The Labute approximate surface area is 188 Å². The summed E-state index contributed by atoms with van der Waals surface area (Å²) in [5.41, 5.74) is 3.34. The third-order valence-corrected chi connectivity index (χ3v) is 9.60.